The monoisotopic (exact) mass is 360 g/mol. The third-order valence-electron chi connectivity index (χ3n) is 3.98. The quantitative estimate of drug-likeness (QED) is 0.562. The molecule has 3 heterocycles. The van der Waals surface area contributed by atoms with E-state index in [4.69, 9.17) is 0 Å². The Morgan fingerprint density at radius 1 is 1.11 bits per heavy atom. The molecule has 9 heteroatoms. The van der Waals surface area contributed by atoms with E-state index in [0.717, 1.165) is 6.42 Å². The molecule has 0 spiro atoms. The number of anilines is 1. The van der Waals surface area contributed by atoms with Crippen LogP contribution in [0, 0.1) is 0 Å². The maximum absolute atomic E-state index is 12.5. The van der Waals surface area contributed by atoms with Gasteiger partial charge >= 0.3 is 0 Å². The highest BCUT2D eigenvalue weighted by atomic mass is 16.1. The van der Waals surface area contributed by atoms with Crippen LogP contribution >= 0.6 is 0 Å². The van der Waals surface area contributed by atoms with Crippen molar-refractivity contribution in [1.82, 2.24) is 35.0 Å². The van der Waals surface area contributed by atoms with Crippen LogP contribution in [-0.2, 0) is 13.0 Å². The number of carbonyl (C=O) groups is 1. The van der Waals surface area contributed by atoms with Crippen LogP contribution in [0.2, 0.25) is 0 Å². The van der Waals surface area contributed by atoms with Crippen molar-refractivity contribution in [2.45, 2.75) is 13.0 Å². The van der Waals surface area contributed by atoms with Gasteiger partial charge in [0.1, 0.15) is 6.33 Å². The number of aryl methyl sites for hydroxylation is 2. The van der Waals surface area contributed by atoms with Gasteiger partial charge in [-0.25, -0.2) is 4.68 Å². The summed E-state index contributed by atoms with van der Waals surface area (Å²) in [4.78, 5) is 16.5. The standard InChI is InChI=1S/C18H16N8O/c27-18(15-2-1-3-16(12-15)26-13-20-23-24-26)21-17-7-11-25(22-17)10-6-14-4-8-19-9-5-14/h1-5,7-9,11-13H,6,10H2,(H,21,22,27). The molecule has 0 atom stereocenters. The molecule has 0 unspecified atom stereocenters. The molecule has 0 aliphatic rings. The number of benzene rings is 1. The topological polar surface area (TPSA) is 103 Å². The van der Waals surface area contributed by atoms with Crippen LogP contribution in [0.3, 0.4) is 0 Å². The lowest BCUT2D eigenvalue weighted by Crippen LogP contribution is -2.13. The fourth-order valence-electron chi connectivity index (χ4n) is 2.60. The third-order valence-corrected chi connectivity index (χ3v) is 3.98. The van der Waals surface area contributed by atoms with Gasteiger partial charge in [0.05, 0.1) is 5.69 Å². The predicted molar refractivity (Wildman–Crippen MR) is 97.3 cm³/mol. The lowest BCUT2D eigenvalue weighted by atomic mass is 10.2. The van der Waals surface area contributed by atoms with E-state index in [1.165, 1.54) is 16.6 Å². The summed E-state index contributed by atoms with van der Waals surface area (Å²) in [7, 11) is 0. The largest absolute Gasteiger partial charge is 0.305 e. The van der Waals surface area contributed by atoms with Gasteiger partial charge in [0.25, 0.3) is 5.91 Å². The number of rotatable bonds is 6. The predicted octanol–water partition coefficient (Wildman–Crippen LogP) is 1.75. The lowest BCUT2D eigenvalue weighted by Gasteiger charge is -2.05. The third kappa shape index (κ3) is 4.03. The molecule has 1 N–H and O–H groups in total. The molecule has 0 radical (unpaired) electrons. The molecule has 4 rings (SSSR count). The number of hydrogen-bond acceptors (Lipinski definition) is 6. The molecule has 1 aromatic carbocycles. The number of hydrogen-bond donors (Lipinski definition) is 1. The van der Waals surface area contributed by atoms with Gasteiger partial charge in [0.2, 0.25) is 0 Å². The van der Waals surface area contributed by atoms with E-state index in [2.05, 4.69) is 30.9 Å². The molecule has 0 aliphatic heterocycles. The molecule has 134 valence electrons. The molecule has 0 fully saturated rings. The Morgan fingerprint density at radius 3 is 2.81 bits per heavy atom. The summed E-state index contributed by atoms with van der Waals surface area (Å²) in [6.07, 6.45) is 7.70. The van der Waals surface area contributed by atoms with Crippen molar-refractivity contribution >= 4 is 11.7 Å². The lowest BCUT2D eigenvalue weighted by molar-refractivity contribution is 0.102. The van der Waals surface area contributed by atoms with Gasteiger partial charge in [0.15, 0.2) is 5.82 Å². The normalized spacial score (nSPS) is 10.7. The number of nitrogens with one attached hydrogen (secondary N) is 1. The highest BCUT2D eigenvalue weighted by Gasteiger charge is 2.10. The van der Waals surface area contributed by atoms with Crippen LogP contribution in [0.25, 0.3) is 5.69 Å². The Labute approximate surface area is 154 Å². The van der Waals surface area contributed by atoms with Gasteiger partial charge in [0, 0.05) is 36.8 Å². The summed E-state index contributed by atoms with van der Waals surface area (Å²) >= 11 is 0. The van der Waals surface area contributed by atoms with Crippen LogP contribution < -0.4 is 5.32 Å². The molecule has 9 nitrogen and oxygen atoms in total. The van der Waals surface area contributed by atoms with Gasteiger partial charge in [-0.15, -0.1) is 5.10 Å². The zero-order chi connectivity index (χ0) is 18.5. The Hall–Kier alpha value is -3.88. The zero-order valence-corrected chi connectivity index (χ0v) is 14.3. The van der Waals surface area contributed by atoms with E-state index in [9.17, 15) is 4.79 Å². The first kappa shape index (κ1) is 16.6. The maximum atomic E-state index is 12.5. The molecular formula is C18H16N8O. The first-order valence-corrected chi connectivity index (χ1v) is 8.35. The van der Waals surface area contributed by atoms with Crippen molar-refractivity contribution in [3.8, 4) is 5.69 Å². The van der Waals surface area contributed by atoms with Gasteiger partial charge in [-0.2, -0.15) is 5.10 Å². The SMILES string of the molecule is O=C(Nc1ccn(CCc2ccncc2)n1)c1cccc(-n2cnnn2)c1. The first-order chi connectivity index (χ1) is 13.3. The number of amides is 1. The molecule has 0 saturated carbocycles. The molecular weight excluding hydrogens is 344 g/mol. The molecule has 27 heavy (non-hydrogen) atoms. The second kappa shape index (κ2) is 7.56. The summed E-state index contributed by atoms with van der Waals surface area (Å²) in [5.74, 6) is 0.256. The Bertz CT molecular complexity index is 1030. The fraction of sp³-hybridized carbons (Fsp3) is 0.111. The van der Waals surface area contributed by atoms with E-state index in [1.807, 2.05) is 24.4 Å². The Morgan fingerprint density at radius 2 is 2.00 bits per heavy atom. The summed E-state index contributed by atoms with van der Waals surface area (Å²) in [5.41, 5.74) is 2.38. The number of aromatic nitrogens is 7. The van der Waals surface area contributed by atoms with E-state index >= 15 is 0 Å². The zero-order valence-electron chi connectivity index (χ0n) is 14.3. The smallest absolute Gasteiger partial charge is 0.256 e. The molecule has 4 aromatic rings. The maximum Gasteiger partial charge on any atom is 0.256 e. The summed E-state index contributed by atoms with van der Waals surface area (Å²) in [6, 6.07) is 12.8. The van der Waals surface area contributed by atoms with Crippen LogP contribution in [0.1, 0.15) is 15.9 Å². The minimum absolute atomic E-state index is 0.246. The van der Waals surface area contributed by atoms with Crippen molar-refractivity contribution in [3.05, 3.63) is 78.5 Å². The minimum atomic E-state index is -0.246. The van der Waals surface area contributed by atoms with E-state index < -0.39 is 0 Å². The summed E-state index contributed by atoms with van der Waals surface area (Å²) < 4.78 is 3.29. The van der Waals surface area contributed by atoms with Crippen LogP contribution in [0.15, 0.2) is 67.4 Å². The second-order valence-electron chi connectivity index (χ2n) is 5.83. The summed E-state index contributed by atoms with van der Waals surface area (Å²) in [5, 5.41) is 18.2. The van der Waals surface area contributed by atoms with Crippen LogP contribution in [0.4, 0.5) is 5.82 Å². The van der Waals surface area contributed by atoms with Gasteiger partial charge < -0.3 is 5.32 Å². The highest BCUT2D eigenvalue weighted by Crippen LogP contribution is 2.12. The number of tetrazole rings is 1. The fourth-order valence-corrected chi connectivity index (χ4v) is 2.60. The van der Waals surface area contributed by atoms with Crippen LogP contribution in [0.5, 0.6) is 0 Å². The molecule has 0 saturated heterocycles. The molecule has 0 aliphatic carbocycles. The Kier molecular flexibility index (Phi) is 4.64. The molecule has 1 amide bonds. The minimum Gasteiger partial charge on any atom is -0.305 e. The van der Waals surface area contributed by atoms with Crippen molar-refractivity contribution in [2.75, 3.05) is 5.32 Å². The van der Waals surface area contributed by atoms with E-state index in [-0.39, 0.29) is 5.91 Å². The van der Waals surface area contributed by atoms with Crippen molar-refractivity contribution in [1.29, 1.82) is 0 Å². The number of carbonyl (C=O) groups excluding carboxylic acids is 1. The van der Waals surface area contributed by atoms with E-state index in [0.29, 0.717) is 23.6 Å². The van der Waals surface area contributed by atoms with Crippen molar-refractivity contribution in [2.24, 2.45) is 0 Å². The molecule has 3 aromatic heterocycles. The van der Waals surface area contributed by atoms with Gasteiger partial charge in [-0.05, 0) is 52.7 Å². The summed E-state index contributed by atoms with van der Waals surface area (Å²) in [6.45, 7) is 0.717. The van der Waals surface area contributed by atoms with E-state index in [1.54, 1.807) is 41.3 Å². The van der Waals surface area contributed by atoms with Crippen LogP contribution in [-0.4, -0.2) is 40.9 Å². The average Bonchev–Trinajstić information content (AvgIpc) is 3.40. The van der Waals surface area contributed by atoms with Crippen molar-refractivity contribution < 1.29 is 4.79 Å². The van der Waals surface area contributed by atoms with Gasteiger partial charge in [-0.3, -0.25) is 14.5 Å². The van der Waals surface area contributed by atoms with Crippen molar-refractivity contribution in [3.63, 3.8) is 0 Å². The number of pyridine rings is 1. The van der Waals surface area contributed by atoms with Gasteiger partial charge in [-0.1, -0.05) is 6.07 Å². The average molecular weight is 360 g/mol. The first-order valence-electron chi connectivity index (χ1n) is 8.35. The Balaban J connectivity index is 1.40. The molecule has 0 bridgehead atoms. The highest BCUT2D eigenvalue weighted by molar-refractivity contribution is 6.04. The number of nitrogens with zero attached hydrogens (tertiary/aromatic N) is 7. The second-order valence-corrected chi connectivity index (χ2v) is 5.83.